The van der Waals surface area contributed by atoms with Gasteiger partial charge in [-0.1, -0.05) is 23.4 Å². The topological polar surface area (TPSA) is 61.6 Å². The Morgan fingerprint density at radius 3 is 2.55 bits per heavy atom. The Balaban J connectivity index is 1.23. The Morgan fingerprint density at radius 2 is 1.83 bits per heavy atom. The number of benzene rings is 1. The predicted octanol–water partition coefficient (Wildman–Crippen LogP) is 2.86. The maximum Gasteiger partial charge on any atom is 0.234 e. The summed E-state index contributed by atoms with van der Waals surface area (Å²) in [6.45, 7) is 8.96. The Labute approximate surface area is 173 Å². The third-order valence-electron chi connectivity index (χ3n) is 6.14. The molecular weight excluding hydrogens is 364 g/mol. The molecule has 1 N–H and O–H groups in total. The molecule has 29 heavy (non-hydrogen) atoms. The van der Waals surface area contributed by atoms with E-state index in [4.69, 9.17) is 4.52 Å². The first-order valence-corrected chi connectivity index (χ1v) is 10.8. The maximum atomic E-state index is 12.6. The van der Waals surface area contributed by atoms with Gasteiger partial charge in [-0.05, 0) is 56.2 Å². The Bertz CT molecular complexity index is 839. The molecule has 1 aliphatic heterocycles. The summed E-state index contributed by atoms with van der Waals surface area (Å²) in [7, 11) is 0. The number of amides is 1. The lowest BCUT2D eigenvalue weighted by Gasteiger charge is -2.34. The van der Waals surface area contributed by atoms with Crippen LogP contribution in [0.25, 0.3) is 0 Å². The van der Waals surface area contributed by atoms with Crippen LogP contribution in [-0.4, -0.2) is 53.6 Å². The highest BCUT2D eigenvalue weighted by Gasteiger charge is 2.21. The molecule has 2 heterocycles. The van der Waals surface area contributed by atoms with Crippen LogP contribution in [0.2, 0.25) is 0 Å². The lowest BCUT2D eigenvalue weighted by Crippen LogP contribution is -2.49. The fourth-order valence-electron chi connectivity index (χ4n) is 4.42. The molecule has 2 aromatic rings. The summed E-state index contributed by atoms with van der Waals surface area (Å²) in [5.41, 5.74) is 5.14. The van der Waals surface area contributed by atoms with E-state index in [-0.39, 0.29) is 11.9 Å². The second kappa shape index (κ2) is 9.09. The summed E-state index contributed by atoms with van der Waals surface area (Å²) in [5.74, 6) is 0.958. The van der Waals surface area contributed by atoms with Gasteiger partial charge in [0.1, 0.15) is 5.76 Å². The number of carbonyl (C=O) groups excluding carboxylic acids is 1. The first-order chi connectivity index (χ1) is 14.1. The highest BCUT2D eigenvalue weighted by Crippen LogP contribution is 2.24. The molecule has 0 saturated carbocycles. The summed E-state index contributed by atoms with van der Waals surface area (Å²) < 4.78 is 5.14. The van der Waals surface area contributed by atoms with E-state index in [0.29, 0.717) is 6.54 Å². The number of aryl methyl sites for hydroxylation is 3. The molecule has 6 heteroatoms. The highest BCUT2D eigenvalue weighted by molar-refractivity contribution is 5.78. The van der Waals surface area contributed by atoms with Crippen molar-refractivity contribution in [3.63, 3.8) is 0 Å². The Hall–Kier alpha value is -2.18. The number of carbonyl (C=O) groups is 1. The van der Waals surface area contributed by atoms with Gasteiger partial charge in [0, 0.05) is 38.8 Å². The van der Waals surface area contributed by atoms with Crippen molar-refractivity contribution >= 4 is 5.91 Å². The second-order valence-electron chi connectivity index (χ2n) is 8.51. The number of piperazine rings is 1. The summed E-state index contributed by atoms with van der Waals surface area (Å²) >= 11 is 0. The summed E-state index contributed by atoms with van der Waals surface area (Å²) in [6, 6.07) is 8.76. The first-order valence-electron chi connectivity index (χ1n) is 10.8. The van der Waals surface area contributed by atoms with E-state index in [0.717, 1.165) is 44.2 Å². The Kier molecular flexibility index (Phi) is 6.31. The van der Waals surface area contributed by atoms with Crippen LogP contribution in [0.15, 0.2) is 28.8 Å². The molecule has 2 aliphatic rings. The maximum absolute atomic E-state index is 12.6. The van der Waals surface area contributed by atoms with E-state index >= 15 is 0 Å². The van der Waals surface area contributed by atoms with Crippen molar-refractivity contribution in [2.75, 3.05) is 32.7 Å². The number of nitrogens with one attached hydrogen (secondary N) is 1. The quantitative estimate of drug-likeness (QED) is 0.814. The predicted molar refractivity (Wildman–Crippen MR) is 113 cm³/mol. The molecule has 1 unspecified atom stereocenters. The van der Waals surface area contributed by atoms with Gasteiger partial charge in [0.25, 0.3) is 0 Å². The second-order valence-corrected chi connectivity index (χ2v) is 8.51. The normalized spacial score (nSPS) is 19.0. The van der Waals surface area contributed by atoms with Crippen molar-refractivity contribution in [2.24, 2.45) is 0 Å². The third-order valence-corrected chi connectivity index (χ3v) is 6.14. The zero-order valence-electron chi connectivity index (χ0n) is 17.6. The van der Waals surface area contributed by atoms with Crippen LogP contribution in [-0.2, 0) is 24.2 Å². The molecule has 1 fully saturated rings. The largest absolute Gasteiger partial charge is 0.361 e. The van der Waals surface area contributed by atoms with Gasteiger partial charge in [0.2, 0.25) is 5.91 Å². The first kappa shape index (κ1) is 20.1. The van der Waals surface area contributed by atoms with Gasteiger partial charge < -0.3 is 9.84 Å². The number of hydrogen-bond donors (Lipinski definition) is 1. The van der Waals surface area contributed by atoms with E-state index in [2.05, 4.69) is 45.4 Å². The monoisotopic (exact) mass is 396 g/mol. The molecule has 0 spiro atoms. The number of hydrogen-bond acceptors (Lipinski definition) is 5. The highest BCUT2D eigenvalue weighted by atomic mass is 16.5. The van der Waals surface area contributed by atoms with E-state index in [1.165, 1.54) is 42.4 Å². The number of aromatic nitrogens is 1. The van der Waals surface area contributed by atoms with Crippen LogP contribution in [0, 0.1) is 6.92 Å². The van der Waals surface area contributed by atoms with Crippen LogP contribution in [0.4, 0.5) is 0 Å². The Morgan fingerprint density at radius 1 is 1.10 bits per heavy atom. The zero-order valence-corrected chi connectivity index (χ0v) is 17.6. The fourth-order valence-corrected chi connectivity index (χ4v) is 4.42. The number of fused-ring (bicyclic) bond motifs is 1. The van der Waals surface area contributed by atoms with Crippen LogP contribution in [0.3, 0.4) is 0 Å². The van der Waals surface area contributed by atoms with Crippen molar-refractivity contribution in [3.8, 4) is 0 Å². The van der Waals surface area contributed by atoms with Crippen molar-refractivity contribution < 1.29 is 9.32 Å². The average Bonchev–Trinajstić information content (AvgIpc) is 3.13. The lowest BCUT2D eigenvalue weighted by molar-refractivity contribution is -0.123. The summed E-state index contributed by atoms with van der Waals surface area (Å²) in [5, 5.41) is 7.26. The van der Waals surface area contributed by atoms with Crippen molar-refractivity contribution in [3.05, 3.63) is 52.4 Å². The van der Waals surface area contributed by atoms with Crippen molar-refractivity contribution in [1.29, 1.82) is 0 Å². The van der Waals surface area contributed by atoms with Gasteiger partial charge in [-0.15, -0.1) is 0 Å². The molecule has 1 aromatic heterocycles. The van der Waals surface area contributed by atoms with Gasteiger partial charge in [0.05, 0.1) is 18.3 Å². The number of nitrogens with zero attached hydrogens (tertiary/aromatic N) is 3. The molecule has 1 saturated heterocycles. The van der Waals surface area contributed by atoms with Crippen LogP contribution >= 0.6 is 0 Å². The fraction of sp³-hybridized carbons (Fsp3) is 0.565. The third kappa shape index (κ3) is 5.25. The van der Waals surface area contributed by atoms with E-state index in [9.17, 15) is 4.79 Å². The van der Waals surface area contributed by atoms with Crippen LogP contribution in [0.1, 0.15) is 54.0 Å². The van der Waals surface area contributed by atoms with Crippen molar-refractivity contribution in [2.45, 2.75) is 52.1 Å². The number of rotatable bonds is 6. The van der Waals surface area contributed by atoms with E-state index in [1.54, 1.807) is 0 Å². The van der Waals surface area contributed by atoms with E-state index in [1.807, 2.05) is 13.0 Å². The molecule has 4 rings (SSSR count). The van der Waals surface area contributed by atoms with Gasteiger partial charge in [-0.3, -0.25) is 14.6 Å². The molecule has 1 aromatic carbocycles. The minimum absolute atomic E-state index is 0.0476. The summed E-state index contributed by atoms with van der Waals surface area (Å²) in [4.78, 5) is 17.2. The average molecular weight is 397 g/mol. The standard InChI is InChI=1S/C23H32N4O2/c1-17-13-22(25-29-17)15-26-9-11-27(12-10-26)16-23(28)24-18(2)20-8-7-19-5-3-4-6-21(19)14-20/h7-8,13-14,18H,3-6,9-12,15-16H2,1-2H3,(H,24,28). The minimum Gasteiger partial charge on any atom is -0.361 e. The SMILES string of the molecule is Cc1cc(CN2CCN(CC(=O)NC(C)c3ccc4c(c3)CCCC4)CC2)no1. The van der Waals surface area contributed by atoms with Gasteiger partial charge in [-0.2, -0.15) is 0 Å². The van der Waals surface area contributed by atoms with E-state index < -0.39 is 0 Å². The van der Waals surface area contributed by atoms with Crippen LogP contribution in [0.5, 0.6) is 0 Å². The lowest BCUT2D eigenvalue weighted by atomic mass is 9.89. The molecule has 0 radical (unpaired) electrons. The zero-order chi connectivity index (χ0) is 20.2. The molecule has 1 amide bonds. The van der Waals surface area contributed by atoms with Gasteiger partial charge >= 0.3 is 0 Å². The molecule has 0 bridgehead atoms. The van der Waals surface area contributed by atoms with Crippen LogP contribution < -0.4 is 5.32 Å². The van der Waals surface area contributed by atoms with Crippen molar-refractivity contribution in [1.82, 2.24) is 20.3 Å². The molecule has 6 nitrogen and oxygen atoms in total. The molecular formula is C23H32N4O2. The van der Waals surface area contributed by atoms with Gasteiger partial charge in [0.15, 0.2) is 0 Å². The summed E-state index contributed by atoms with van der Waals surface area (Å²) in [6.07, 6.45) is 4.93. The molecule has 1 atom stereocenters. The van der Waals surface area contributed by atoms with Gasteiger partial charge in [-0.25, -0.2) is 0 Å². The molecule has 1 aliphatic carbocycles. The molecule has 156 valence electrons. The minimum atomic E-state index is 0.0476. The smallest absolute Gasteiger partial charge is 0.234 e.